The van der Waals surface area contributed by atoms with Crippen molar-refractivity contribution in [2.24, 2.45) is 0 Å². The van der Waals surface area contributed by atoms with Gasteiger partial charge < -0.3 is 4.74 Å². The molecule has 4 heteroatoms. The van der Waals surface area contributed by atoms with Crippen molar-refractivity contribution in [1.82, 2.24) is 0 Å². The van der Waals surface area contributed by atoms with E-state index in [0.717, 1.165) is 0 Å². The van der Waals surface area contributed by atoms with Crippen LogP contribution in [-0.4, -0.2) is 19.5 Å². The van der Waals surface area contributed by atoms with Gasteiger partial charge in [0.25, 0.3) is 0 Å². The second-order valence-electron chi connectivity index (χ2n) is 3.01. The fourth-order valence-electron chi connectivity index (χ4n) is 1.21. The number of hydrogen-bond donors (Lipinski definition) is 0. The molecule has 3 nitrogen and oxygen atoms in total. The predicted molar refractivity (Wildman–Crippen MR) is 56.7 cm³/mol. The third-order valence-corrected chi connectivity index (χ3v) is 2.19. The first-order valence-electron chi connectivity index (χ1n) is 4.35. The summed E-state index contributed by atoms with van der Waals surface area (Å²) in [5.74, 6) is -1.02. The highest BCUT2D eigenvalue weighted by atomic mass is 35.5. The van der Waals surface area contributed by atoms with Crippen molar-refractivity contribution in [3.8, 4) is 6.07 Å². The Hall–Kier alpha value is -1.37. The number of methoxy groups -OCH3 is 1. The first-order chi connectivity index (χ1) is 7.19. The third-order valence-electron chi connectivity index (χ3n) is 1.94. The molecule has 0 unspecified atom stereocenters. The van der Waals surface area contributed by atoms with Gasteiger partial charge in [-0.3, -0.25) is 4.79 Å². The second-order valence-corrected chi connectivity index (χ2v) is 3.45. The largest absolute Gasteiger partial charge is 0.377 e. The van der Waals surface area contributed by atoms with E-state index in [2.05, 4.69) is 0 Å². The van der Waals surface area contributed by atoms with Crippen molar-refractivity contribution in [2.45, 2.75) is 5.92 Å². The molecule has 1 aromatic carbocycles. The number of carbonyl (C=O) groups excluding carboxylic acids is 1. The molecule has 15 heavy (non-hydrogen) atoms. The van der Waals surface area contributed by atoms with Crippen molar-refractivity contribution in [2.75, 3.05) is 13.7 Å². The molecule has 0 aliphatic rings. The average Bonchev–Trinajstić information content (AvgIpc) is 2.22. The number of benzene rings is 1. The van der Waals surface area contributed by atoms with Crippen LogP contribution in [0.15, 0.2) is 24.3 Å². The molecule has 0 heterocycles. The first kappa shape index (κ1) is 11.7. The van der Waals surface area contributed by atoms with Crippen LogP contribution in [0.25, 0.3) is 0 Å². The van der Waals surface area contributed by atoms with Crippen LogP contribution >= 0.6 is 11.6 Å². The quantitative estimate of drug-likeness (QED) is 0.786. The Morgan fingerprint density at radius 1 is 1.53 bits per heavy atom. The maximum atomic E-state index is 11.5. The molecule has 0 fully saturated rings. The minimum absolute atomic E-state index is 0.0547. The highest BCUT2D eigenvalue weighted by Gasteiger charge is 2.19. The van der Waals surface area contributed by atoms with Gasteiger partial charge in [-0.1, -0.05) is 23.7 Å². The molecule has 0 bridgehead atoms. The highest BCUT2D eigenvalue weighted by Crippen LogP contribution is 2.18. The van der Waals surface area contributed by atoms with E-state index >= 15 is 0 Å². The predicted octanol–water partition coefficient (Wildman–Crippen LogP) is 2.16. The van der Waals surface area contributed by atoms with Crippen LogP contribution in [0.4, 0.5) is 0 Å². The Bertz CT molecular complexity index is 381. The Kier molecular flexibility index (Phi) is 4.29. The molecule has 1 aromatic rings. The Morgan fingerprint density at radius 2 is 2.13 bits per heavy atom. The van der Waals surface area contributed by atoms with Gasteiger partial charge in [0.05, 0.1) is 6.07 Å². The normalized spacial score (nSPS) is 11.8. The third kappa shape index (κ3) is 3.05. The summed E-state index contributed by atoms with van der Waals surface area (Å²) in [6, 6.07) is 8.60. The lowest BCUT2D eigenvalue weighted by molar-refractivity contribution is -0.122. The molecule has 0 spiro atoms. The van der Waals surface area contributed by atoms with Crippen molar-refractivity contribution in [3.05, 3.63) is 34.9 Å². The van der Waals surface area contributed by atoms with Gasteiger partial charge in [0, 0.05) is 12.1 Å². The maximum Gasteiger partial charge on any atom is 0.179 e. The van der Waals surface area contributed by atoms with Crippen molar-refractivity contribution >= 4 is 17.4 Å². The number of nitriles is 1. The smallest absolute Gasteiger partial charge is 0.179 e. The molecule has 1 atom stereocenters. The molecular weight excluding hydrogens is 214 g/mol. The maximum absolute atomic E-state index is 11.5. The van der Waals surface area contributed by atoms with Gasteiger partial charge in [-0.2, -0.15) is 5.26 Å². The number of nitrogens with zero attached hydrogens (tertiary/aromatic N) is 1. The fraction of sp³-hybridized carbons (Fsp3) is 0.273. The van der Waals surface area contributed by atoms with Gasteiger partial charge in [0.1, 0.15) is 12.5 Å². The van der Waals surface area contributed by atoms with Crippen molar-refractivity contribution in [3.63, 3.8) is 0 Å². The number of rotatable bonds is 4. The van der Waals surface area contributed by atoms with Crippen LogP contribution in [0.2, 0.25) is 5.02 Å². The van der Waals surface area contributed by atoms with E-state index in [1.54, 1.807) is 24.3 Å². The summed E-state index contributed by atoms with van der Waals surface area (Å²) >= 11 is 5.71. The first-order valence-corrected chi connectivity index (χ1v) is 4.73. The summed E-state index contributed by atoms with van der Waals surface area (Å²) in [5, 5.41) is 9.46. The molecule has 0 N–H and O–H groups in total. The summed E-state index contributed by atoms with van der Waals surface area (Å²) in [6.07, 6.45) is 0. The van der Waals surface area contributed by atoms with Gasteiger partial charge in [-0.05, 0) is 17.7 Å². The van der Waals surface area contributed by atoms with E-state index in [0.29, 0.717) is 10.6 Å². The lowest BCUT2D eigenvalue weighted by atomic mass is 9.97. The average molecular weight is 224 g/mol. The standard InChI is InChI=1S/C11H10ClNO2/c1-15-7-11(14)10(6-13)8-2-4-9(12)5-3-8/h2-5,10H,7H2,1H3/t10-/m0/s1. The number of ether oxygens (including phenoxy) is 1. The minimum Gasteiger partial charge on any atom is -0.377 e. The lowest BCUT2D eigenvalue weighted by Crippen LogP contribution is -2.16. The lowest BCUT2D eigenvalue weighted by Gasteiger charge is -2.07. The number of hydrogen-bond acceptors (Lipinski definition) is 3. The Labute approximate surface area is 93.2 Å². The SMILES string of the molecule is COCC(=O)[C@@H](C#N)c1ccc(Cl)cc1. The summed E-state index contributed by atoms with van der Waals surface area (Å²) in [6.45, 7) is -0.0547. The van der Waals surface area contributed by atoms with Gasteiger partial charge in [-0.25, -0.2) is 0 Å². The van der Waals surface area contributed by atoms with E-state index in [4.69, 9.17) is 21.6 Å². The van der Waals surface area contributed by atoms with E-state index in [1.165, 1.54) is 7.11 Å². The zero-order valence-corrected chi connectivity index (χ0v) is 8.99. The van der Waals surface area contributed by atoms with Gasteiger partial charge in [0.15, 0.2) is 5.78 Å². The number of carbonyl (C=O) groups is 1. The molecule has 0 radical (unpaired) electrons. The van der Waals surface area contributed by atoms with Gasteiger partial charge >= 0.3 is 0 Å². The van der Waals surface area contributed by atoms with Crippen LogP contribution in [0, 0.1) is 11.3 Å². The van der Waals surface area contributed by atoms with Crippen molar-refractivity contribution in [1.29, 1.82) is 5.26 Å². The van der Waals surface area contributed by atoms with Gasteiger partial charge in [0.2, 0.25) is 0 Å². The van der Waals surface area contributed by atoms with Crippen LogP contribution in [0.5, 0.6) is 0 Å². The molecule has 1 rings (SSSR count). The Morgan fingerprint density at radius 3 is 2.60 bits per heavy atom. The summed E-state index contributed by atoms with van der Waals surface area (Å²) in [7, 11) is 1.42. The van der Waals surface area contributed by atoms with E-state index < -0.39 is 5.92 Å². The topological polar surface area (TPSA) is 50.1 Å². The van der Waals surface area contributed by atoms with Crippen molar-refractivity contribution < 1.29 is 9.53 Å². The molecule has 0 aromatic heterocycles. The highest BCUT2D eigenvalue weighted by molar-refractivity contribution is 6.30. The molecule has 0 saturated carbocycles. The zero-order valence-electron chi connectivity index (χ0n) is 8.24. The molecule has 0 saturated heterocycles. The fourth-order valence-corrected chi connectivity index (χ4v) is 1.34. The van der Waals surface area contributed by atoms with E-state index in [-0.39, 0.29) is 12.4 Å². The summed E-state index contributed by atoms with van der Waals surface area (Å²) in [5.41, 5.74) is 0.643. The molecule has 78 valence electrons. The summed E-state index contributed by atoms with van der Waals surface area (Å²) in [4.78, 5) is 11.5. The second kappa shape index (κ2) is 5.50. The summed E-state index contributed by atoms with van der Waals surface area (Å²) < 4.78 is 4.70. The van der Waals surface area contributed by atoms with Crippen LogP contribution < -0.4 is 0 Å². The molecule has 0 aliphatic carbocycles. The van der Waals surface area contributed by atoms with Gasteiger partial charge in [-0.15, -0.1) is 0 Å². The van der Waals surface area contributed by atoms with E-state index in [1.807, 2.05) is 6.07 Å². The minimum atomic E-state index is -0.776. The number of Topliss-reactive ketones (excluding diaryl/α,β-unsaturated/α-hetero) is 1. The monoisotopic (exact) mass is 223 g/mol. The van der Waals surface area contributed by atoms with Crippen LogP contribution in [0.3, 0.4) is 0 Å². The number of ketones is 1. The Balaban J connectivity index is 2.89. The molecule has 0 aliphatic heterocycles. The number of halogens is 1. The van der Waals surface area contributed by atoms with E-state index in [9.17, 15) is 4.79 Å². The zero-order chi connectivity index (χ0) is 11.3. The van der Waals surface area contributed by atoms with Crippen LogP contribution in [-0.2, 0) is 9.53 Å². The molecule has 0 amide bonds. The molecular formula is C11H10ClNO2. The van der Waals surface area contributed by atoms with Crippen LogP contribution in [0.1, 0.15) is 11.5 Å².